The first-order chi connectivity index (χ1) is 4.73. The number of hydrogen-bond donors (Lipinski definition) is 2. The fourth-order valence-electron chi connectivity index (χ4n) is 1.34. The van der Waals surface area contributed by atoms with Crippen molar-refractivity contribution in [3.05, 3.63) is 0 Å². The van der Waals surface area contributed by atoms with Gasteiger partial charge in [0.1, 0.15) is 5.67 Å². The molecule has 2 nitrogen and oxygen atoms in total. The van der Waals surface area contributed by atoms with Crippen LogP contribution in [0.25, 0.3) is 0 Å². The first-order valence-corrected chi connectivity index (χ1v) is 3.82. The summed E-state index contributed by atoms with van der Waals surface area (Å²) in [5.41, 5.74) is 9.28. The van der Waals surface area contributed by atoms with E-state index in [1.54, 1.807) is 0 Å². The molecule has 1 rings (SSSR count). The van der Waals surface area contributed by atoms with Crippen molar-refractivity contribution in [2.45, 2.75) is 24.9 Å². The summed E-state index contributed by atoms with van der Waals surface area (Å²) in [4.78, 5) is 0. The average molecular weight is 219 g/mol. The highest BCUT2D eigenvalue weighted by atomic mass is 35.5. The molecule has 0 aromatic carbocycles. The highest BCUT2D eigenvalue weighted by Gasteiger charge is 2.39. The molecular weight excluding hydrogens is 202 g/mol. The molecule has 1 fully saturated rings. The molecule has 5 heteroatoms. The van der Waals surface area contributed by atoms with Crippen LogP contribution in [0.2, 0.25) is 0 Å². The fourth-order valence-corrected chi connectivity index (χ4v) is 1.34. The Bertz CT molecular complexity index is 116. The van der Waals surface area contributed by atoms with E-state index in [-0.39, 0.29) is 43.8 Å². The first-order valence-electron chi connectivity index (χ1n) is 3.82. The van der Waals surface area contributed by atoms with Gasteiger partial charge in [-0.1, -0.05) is 6.42 Å². The Hall–Kier alpha value is 0.430. The van der Waals surface area contributed by atoms with Crippen molar-refractivity contribution in [3.63, 3.8) is 0 Å². The zero-order chi connectivity index (χ0) is 7.61. The summed E-state index contributed by atoms with van der Waals surface area (Å²) in [6.45, 7) is 0.155. The SMILES string of the molecule is Cl.Cl.NCC(F)(CN)C1CCC1. The zero-order valence-electron chi connectivity index (χ0n) is 6.96. The molecule has 76 valence electrons. The van der Waals surface area contributed by atoms with Crippen molar-refractivity contribution in [3.8, 4) is 0 Å². The van der Waals surface area contributed by atoms with Crippen LogP contribution >= 0.6 is 24.8 Å². The molecule has 0 spiro atoms. The van der Waals surface area contributed by atoms with E-state index in [0.717, 1.165) is 19.3 Å². The van der Waals surface area contributed by atoms with Crippen LogP contribution in [-0.2, 0) is 0 Å². The molecule has 4 N–H and O–H groups in total. The summed E-state index contributed by atoms with van der Waals surface area (Å²) in [7, 11) is 0. The van der Waals surface area contributed by atoms with E-state index in [4.69, 9.17) is 11.5 Å². The Balaban J connectivity index is 0. The van der Waals surface area contributed by atoms with Gasteiger partial charge in [-0.05, 0) is 18.8 Å². The second kappa shape index (κ2) is 5.97. The van der Waals surface area contributed by atoms with Crippen LogP contribution in [-0.4, -0.2) is 18.8 Å². The summed E-state index contributed by atoms with van der Waals surface area (Å²) in [5, 5.41) is 0. The lowest BCUT2D eigenvalue weighted by Gasteiger charge is -2.37. The van der Waals surface area contributed by atoms with Gasteiger partial charge in [-0.3, -0.25) is 0 Å². The van der Waals surface area contributed by atoms with Crippen molar-refractivity contribution >= 4 is 24.8 Å². The lowest BCUT2D eigenvalue weighted by atomic mass is 9.74. The monoisotopic (exact) mass is 218 g/mol. The first kappa shape index (κ1) is 14.9. The predicted octanol–water partition coefficient (Wildman–Crippen LogP) is 1.26. The number of nitrogens with two attached hydrogens (primary N) is 2. The maximum atomic E-state index is 13.4. The second-order valence-electron chi connectivity index (χ2n) is 3.07. The van der Waals surface area contributed by atoms with Crippen LogP contribution in [0, 0.1) is 5.92 Å². The molecule has 1 saturated carbocycles. The number of rotatable bonds is 3. The maximum Gasteiger partial charge on any atom is 0.138 e. The van der Waals surface area contributed by atoms with Crippen molar-refractivity contribution < 1.29 is 4.39 Å². The van der Waals surface area contributed by atoms with E-state index in [9.17, 15) is 4.39 Å². The Morgan fingerprint density at radius 3 is 1.67 bits per heavy atom. The van der Waals surface area contributed by atoms with E-state index >= 15 is 0 Å². The minimum absolute atomic E-state index is 0. The minimum atomic E-state index is -1.27. The predicted molar refractivity (Wildman–Crippen MR) is 53.8 cm³/mol. The molecule has 0 heterocycles. The molecule has 1 aliphatic carbocycles. The summed E-state index contributed by atoms with van der Waals surface area (Å²) in [6, 6.07) is 0. The normalized spacial score (nSPS) is 17.2. The third kappa shape index (κ3) is 2.73. The highest BCUT2D eigenvalue weighted by molar-refractivity contribution is 5.85. The maximum absolute atomic E-state index is 13.4. The third-order valence-corrected chi connectivity index (χ3v) is 2.52. The molecule has 0 atom stereocenters. The molecule has 0 saturated heterocycles. The largest absolute Gasteiger partial charge is 0.327 e. The third-order valence-electron chi connectivity index (χ3n) is 2.52. The van der Waals surface area contributed by atoms with Crippen LogP contribution in [0.1, 0.15) is 19.3 Å². The van der Waals surface area contributed by atoms with Gasteiger partial charge in [0, 0.05) is 13.1 Å². The minimum Gasteiger partial charge on any atom is -0.327 e. The van der Waals surface area contributed by atoms with Gasteiger partial charge < -0.3 is 11.5 Å². The zero-order valence-corrected chi connectivity index (χ0v) is 8.60. The molecule has 0 aliphatic heterocycles. The van der Waals surface area contributed by atoms with E-state index in [0.29, 0.717) is 0 Å². The van der Waals surface area contributed by atoms with Crippen LogP contribution in [0.4, 0.5) is 4.39 Å². The molecule has 0 aromatic rings. The Kier molecular flexibility index (Phi) is 7.43. The molecule has 12 heavy (non-hydrogen) atoms. The molecule has 0 bridgehead atoms. The van der Waals surface area contributed by atoms with E-state index in [2.05, 4.69) is 0 Å². The van der Waals surface area contributed by atoms with Crippen molar-refractivity contribution in [2.24, 2.45) is 17.4 Å². The van der Waals surface area contributed by atoms with Gasteiger partial charge in [-0.15, -0.1) is 24.8 Å². The smallest absolute Gasteiger partial charge is 0.138 e. The highest BCUT2D eigenvalue weighted by Crippen LogP contribution is 2.37. The van der Waals surface area contributed by atoms with Crippen molar-refractivity contribution in [1.29, 1.82) is 0 Å². The van der Waals surface area contributed by atoms with Crippen LogP contribution < -0.4 is 11.5 Å². The fraction of sp³-hybridized carbons (Fsp3) is 1.00. The van der Waals surface area contributed by atoms with Crippen LogP contribution in [0.3, 0.4) is 0 Å². The standard InChI is InChI=1S/C7H15FN2.2ClH/c8-7(4-9,5-10)6-2-1-3-6;;/h6H,1-5,9-10H2;2*1H. The van der Waals surface area contributed by atoms with E-state index in [1.807, 2.05) is 0 Å². The lowest BCUT2D eigenvalue weighted by molar-refractivity contribution is 0.0478. The number of hydrogen-bond acceptors (Lipinski definition) is 2. The Morgan fingerprint density at radius 1 is 1.17 bits per heavy atom. The number of halogens is 3. The quantitative estimate of drug-likeness (QED) is 0.750. The summed E-state index contributed by atoms with van der Waals surface area (Å²) < 4.78 is 13.4. The van der Waals surface area contributed by atoms with Crippen LogP contribution in [0.15, 0.2) is 0 Å². The van der Waals surface area contributed by atoms with E-state index < -0.39 is 5.67 Å². The van der Waals surface area contributed by atoms with Crippen molar-refractivity contribution in [2.75, 3.05) is 13.1 Å². The second-order valence-corrected chi connectivity index (χ2v) is 3.07. The molecular formula is C7H17Cl2FN2. The van der Waals surface area contributed by atoms with Gasteiger partial charge in [0.15, 0.2) is 0 Å². The molecule has 0 unspecified atom stereocenters. The van der Waals surface area contributed by atoms with Crippen molar-refractivity contribution in [1.82, 2.24) is 0 Å². The van der Waals surface area contributed by atoms with Gasteiger partial charge in [0.25, 0.3) is 0 Å². The van der Waals surface area contributed by atoms with Gasteiger partial charge in [0.05, 0.1) is 0 Å². The van der Waals surface area contributed by atoms with Gasteiger partial charge in [-0.25, -0.2) is 4.39 Å². The number of alkyl halides is 1. The lowest BCUT2D eigenvalue weighted by Crippen LogP contribution is -2.49. The van der Waals surface area contributed by atoms with Gasteiger partial charge in [0.2, 0.25) is 0 Å². The summed E-state index contributed by atoms with van der Waals surface area (Å²) >= 11 is 0. The molecule has 1 aliphatic rings. The molecule has 0 aromatic heterocycles. The average Bonchev–Trinajstić information content (AvgIpc) is 1.84. The topological polar surface area (TPSA) is 52.0 Å². The Labute approximate surface area is 85.1 Å². The summed E-state index contributed by atoms with van der Waals surface area (Å²) in [5.74, 6) is 0.141. The summed E-state index contributed by atoms with van der Waals surface area (Å²) in [6.07, 6.45) is 3.06. The van der Waals surface area contributed by atoms with E-state index in [1.165, 1.54) is 0 Å². The van der Waals surface area contributed by atoms with Gasteiger partial charge >= 0.3 is 0 Å². The Morgan fingerprint density at radius 2 is 1.58 bits per heavy atom. The molecule has 0 amide bonds. The van der Waals surface area contributed by atoms with Gasteiger partial charge in [-0.2, -0.15) is 0 Å². The van der Waals surface area contributed by atoms with Crippen LogP contribution in [0.5, 0.6) is 0 Å². The molecule has 0 radical (unpaired) electrons.